The normalized spacial score (nSPS) is 20.4. The fraction of sp³-hybridized carbons (Fsp3) is 0.818. The first-order valence-electron chi connectivity index (χ1n) is 5.10. The Morgan fingerprint density at radius 3 is 2.29 bits per heavy atom. The highest BCUT2D eigenvalue weighted by Gasteiger charge is 2.31. The van der Waals surface area contributed by atoms with Gasteiger partial charge in [-0.05, 0) is 11.3 Å². The standard InChI is InChI=1S/C11H19NO2/c1-8(11(2,3)4)6-12-7-9(13)5-10(12)14/h8H,5-7H2,1-4H3. The van der Waals surface area contributed by atoms with E-state index in [1.807, 2.05) is 0 Å². The van der Waals surface area contributed by atoms with Crippen molar-refractivity contribution in [2.75, 3.05) is 13.1 Å². The Hall–Kier alpha value is -0.860. The number of rotatable bonds is 2. The van der Waals surface area contributed by atoms with Gasteiger partial charge in [-0.25, -0.2) is 0 Å². The zero-order chi connectivity index (χ0) is 10.9. The van der Waals surface area contributed by atoms with E-state index in [1.54, 1.807) is 4.90 Å². The summed E-state index contributed by atoms with van der Waals surface area (Å²) in [4.78, 5) is 24.1. The van der Waals surface area contributed by atoms with E-state index in [9.17, 15) is 9.59 Å². The summed E-state index contributed by atoms with van der Waals surface area (Å²) in [7, 11) is 0. The van der Waals surface area contributed by atoms with Crippen LogP contribution in [0.25, 0.3) is 0 Å². The van der Waals surface area contributed by atoms with Crippen LogP contribution in [0.15, 0.2) is 0 Å². The first kappa shape index (κ1) is 11.2. The minimum Gasteiger partial charge on any atom is -0.335 e. The van der Waals surface area contributed by atoms with E-state index in [0.717, 1.165) is 0 Å². The Balaban J connectivity index is 2.53. The number of Topliss-reactive ketones (excluding diaryl/α,β-unsaturated/α-hetero) is 1. The molecule has 1 rings (SSSR count). The van der Waals surface area contributed by atoms with Crippen LogP contribution in [0.3, 0.4) is 0 Å². The minimum absolute atomic E-state index is 0.00824. The summed E-state index contributed by atoms with van der Waals surface area (Å²) in [5.41, 5.74) is 0.186. The van der Waals surface area contributed by atoms with Crippen molar-refractivity contribution in [2.24, 2.45) is 11.3 Å². The van der Waals surface area contributed by atoms with Gasteiger partial charge in [0.05, 0.1) is 13.0 Å². The Labute approximate surface area is 85.5 Å². The summed E-state index contributed by atoms with van der Waals surface area (Å²) >= 11 is 0. The summed E-state index contributed by atoms with van der Waals surface area (Å²) in [6, 6.07) is 0. The van der Waals surface area contributed by atoms with E-state index in [2.05, 4.69) is 27.7 Å². The molecule has 0 spiro atoms. The molecule has 1 aliphatic rings. The summed E-state index contributed by atoms with van der Waals surface area (Å²) in [5, 5.41) is 0. The maximum atomic E-state index is 11.4. The number of hydrogen-bond donors (Lipinski definition) is 0. The number of carbonyl (C=O) groups is 2. The molecule has 0 radical (unpaired) electrons. The van der Waals surface area contributed by atoms with Crippen LogP contribution >= 0.6 is 0 Å². The van der Waals surface area contributed by atoms with Gasteiger partial charge in [-0.3, -0.25) is 9.59 Å². The van der Waals surface area contributed by atoms with Crippen LogP contribution in [0.2, 0.25) is 0 Å². The predicted molar refractivity (Wildman–Crippen MR) is 54.8 cm³/mol. The molecule has 0 bridgehead atoms. The van der Waals surface area contributed by atoms with Crippen molar-refractivity contribution in [2.45, 2.75) is 34.1 Å². The lowest BCUT2D eigenvalue weighted by Gasteiger charge is -2.30. The maximum Gasteiger partial charge on any atom is 0.230 e. The predicted octanol–water partition coefficient (Wildman–Crippen LogP) is 1.47. The monoisotopic (exact) mass is 197 g/mol. The van der Waals surface area contributed by atoms with Crippen LogP contribution in [0.4, 0.5) is 0 Å². The highest BCUT2D eigenvalue weighted by molar-refractivity contribution is 6.05. The van der Waals surface area contributed by atoms with Crippen molar-refractivity contribution in [1.82, 2.24) is 4.90 Å². The molecule has 80 valence electrons. The second kappa shape index (κ2) is 3.71. The molecule has 0 aliphatic carbocycles. The quantitative estimate of drug-likeness (QED) is 0.629. The van der Waals surface area contributed by atoms with Crippen molar-refractivity contribution in [3.05, 3.63) is 0 Å². The number of likely N-dealkylation sites (tertiary alicyclic amines) is 1. The fourth-order valence-corrected chi connectivity index (χ4v) is 1.41. The van der Waals surface area contributed by atoms with Crippen LogP contribution < -0.4 is 0 Å². The van der Waals surface area contributed by atoms with Crippen molar-refractivity contribution >= 4 is 11.7 Å². The van der Waals surface area contributed by atoms with Crippen LogP contribution in [0.5, 0.6) is 0 Å². The smallest absolute Gasteiger partial charge is 0.230 e. The molecule has 1 fully saturated rings. The topological polar surface area (TPSA) is 37.4 Å². The molecule has 0 aromatic heterocycles. The fourth-order valence-electron chi connectivity index (χ4n) is 1.41. The lowest BCUT2D eigenvalue weighted by Crippen LogP contribution is -2.35. The zero-order valence-electron chi connectivity index (χ0n) is 9.46. The molecule has 3 heteroatoms. The van der Waals surface area contributed by atoms with Gasteiger partial charge in [0.25, 0.3) is 0 Å². The second-order valence-electron chi connectivity index (χ2n) is 5.26. The lowest BCUT2D eigenvalue weighted by atomic mass is 9.82. The first-order valence-corrected chi connectivity index (χ1v) is 5.10. The molecule has 1 heterocycles. The number of nitrogens with zero attached hydrogens (tertiary/aromatic N) is 1. The first-order chi connectivity index (χ1) is 6.30. The molecule has 14 heavy (non-hydrogen) atoms. The Bertz CT molecular complexity index is 253. The van der Waals surface area contributed by atoms with E-state index < -0.39 is 0 Å². The van der Waals surface area contributed by atoms with Gasteiger partial charge in [0.2, 0.25) is 5.91 Å². The molecule has 1 aliphatic heterocycles. The molecule has 1 saturated heterocycles. The van der Waals surface area contributed by atoms with Gasteiger partial charge < -0.3 is 4.90 Å². The third-order valence-electron chi connectivity index (χ3n) is 3.04. The number of hydrogen-bond acceptors (Lipinski definition) is 2. The average molecular weight is 197 g/mol. The lowest BCUT2D eigenvalue weighted by molar-refractivity contribution is -0.128. The van der Waals surface area contributed by atoms with Crippen LogP contribution in [-0.2, 0) is 9.59 Å². The number of carbonyl (C=O) groups excluding carboxylic acids is 2. The number of ketones is 1. The molecule has 0 aromatic carbocycles. The summed E-state index contributed by atoms with van der Waals surface area (Å²) < 4.78 is 0. The minimum atomic E-state index is -0.00824. The third kappa shape index (κ3) is 2.56. The second-order valence-corrected chi connectivity index (χ2v) is 5.26. The largest absolute Gasteiger partial charge is 0.335 e. The van der Waals surface area contributed by atoms with Gasteiger partial charge in [-0.1, -0.05) is 27.7 Å². The Kier molecular flexibility index (Phi) is 2.98. The third-order valence-corrected chi connectivity index (χ3v) is 3.04. The molecule has 1 atom stereocenters. The molecular formula is C11H19NO2. The van der Waals surface area contributed by atoms with Crippen LogP contribution in [0.1, 0.15) is 34.1 Å². The van der Waals surface area contributed by atoms with Gasteiger partial charge >= 0.3 is 0 Å². The summed E-state index contributed by atoms with van der Waals surface area (Å²) in [6.45, 7) is 9.60. The van der Waals surface area contributed by atoms with Gasteiger partial charge in [-0.15, -0.1) is 0 Å². The summed E-state index contributed by atoms with van der Waals surface area (Å²) in [5.74, 6) is 0.458. The molecule has 0 aromatic rings. The van der Waals surface area contributed by atoms with E-state index in [1.165, 1.54) is 0 Å². The van der Waals surface area contributed by atoms with E-state index in [0.29, 0.717) is 19.0 Å². The van der Waals surface area contributed by atoms with Gasteiger partial charge in [0.15, 0.2) is 5.78 Å². The highest BCUT2D eigenvalue weighted by atomic mass is 16.2. The van der Waals surface area contributed by atoms with E-state index in [4.69, 9.17) is 0 Å². The molecule has 3 nitrogen and oxygen atoms in total. The highest BCUT2D eigenvalue weighted by Crippen LogP contribution is 2.26. The molecule has 0 N–H and O–H groups in total. The van der Waals surface area contributed by atoms with Gasteiger partial charge in [0.1, 0.15) is 0 Å². The Morgan fingerprint density at radius 2 is 1.93 bits per heavy atom. The van der Waals surface area contributed by atoms with Gasteiger partial charge in [-0.2, -0.15) is 0 Å². The molecule has 1 amide bonds. The van der Waals surface area contributed by atoms with Crippen molar-refractivity contribution in [3.8, 4) is 0 Å². The average Bonchev–Trinajstić information content (AvgIpc) is 2.28. The van der Waals surface area contributed by atoms with Gasteiger partial charge in [0, 0.05) is 6.54 Å². The molecule has 0 saturated carbocycles. The van der Waals surface area contributed by atoms with E-state index in [-0.39, 0.29) is 23.5 Å². The summed E-state index contributed by atoms with van der Waals surface area (Å²) in [6.07, 6.45) is 0.108. The van der Waals surface area contributed by atoms with E-state index >= 15 is 0 Å². The van der Waals surface area contributed by atoms with Crippen molar-refractivity contribution in [1.29, 1.82) is 0 Å². The SMILES string of the molecule is CC(CN1CC(=O)CC1=O)C(C)(C)C. The molecule has 1 unspecified atom stereocenters. The van der Waals surface area contributed by atoms with Crippen molar-refractivity contribution in [3.63, 3.8) is 0 Å². The maximum absolute atomic E-state index is 11.4. The Morgan fingerprint density at radius 1 is 1.36 bits per heavy atom. The molecular weight excluding hydrogens is 178 g/mol. The van der Waals surface area contributed by atoms with Crippen molar-refractivity contribution < 1.29 is 9.59 Å². The number of amides is 1. The zero-order valence-corrected chi connectivity index (χ0v) is 9.46. The van der Waals surface area contributed by atoms with Crippen LogP contribution in [0, 0.1) is 11.3 Å². The van der Waals surface area contributed by atoms with Crippen LogP contribution in [-0.4, -0.2) is 29.7 Å².